The Morgan fingerprint density at radius 2 is 1.59 bits per heavy atom. The average molecular weight is 265 g/mol. The summed E-state index contributed by atoms with van der Waals surface area (Å²) in [5.74, 6) is 0. The van der Waals surface area contributed by atoms with Crippen LogP contribution in [0.3, 0.4) is 0 Å². The molecule has 0 saturated carbocycles. The monoisotopic (exact) mass is 264 g/mol. The molecule has 17 heavy (non-hydrogen) atoms. The minimum Gasteiger partial charge on any atom is -0.184 e. The standard InChI is InChI=1S/C13H10Cl2N2/c14-11-4-1-3-10(7-11)9-16-17-13-6-2-5-12(15)8-13/h1-8H,9H2. The van der Waals surface area contributed by atoms with Crippen LogP contribution in [0.25, 0.3) is 0 Å². The zero-order valence-electron chi connectivity index (χ0n) is 8.98. The Morgan fingerprint density at radius 1 is 0.882 bits per heavy atom. The molecule has 0 N–H and O–H groups in total. The average Bonchev–Trinajstić information content (AvgIpc) is 2.29. The molecule has 2 aromatic carbocycles. The van der Waals surface area contributed by atoms with Crippen LogP contribution in [0.2, 0.25) is 10.0 Å². The molecular weight excluding hydrogens is 255 g/mol. The molecule has 0 radical (unpaired) electrons. The van der Waals surface area contributed by atoms with E-state index in [9.17, 15) is 0 Å². The summed E-state index contributed by atoms with van der Waals surface area (Å²) in [6.45, 7) is 0.507. The van der Waals surface area contributed by atoms with Crippen LogP contribution in [-0.4, -0.2) is 0 Å². The van der Waals surface area contributed by atoms with E-state index >= 15 is 0 Å². The molecule has 0 amide bonds. The van der Waals surface area contributed by atoms with Gasteiger partial charge in [0.05, 0.1) is 12.2 Å². The molecule has 0 unspecified atom stereocenters. The van der Waals surface area contributed by atoms with Gasteiger partial charge in [-0.2, -0.15) is 10.2 Å². The number of hydrogen-bond acceptors (Lipinski definition) is 2. The Balaban J connectivity index is 2.03. The Bertz CT molecular complexity index is 538. The number of hydrogen-bond donors (Lipinski definition) is 0. The highest BCUT2D eigenvalue weighted by Crippen LogP contribution is 2.18. The normalized spacial score (nSPS) is 10.9. The molecule has 0 aliphatic heterocycles. The van der Waals surface area contributed by atoms with Crippen molar-refractivity contribution < 1.29 is 0 Å². The molecule has 0 atom stereocenters. The highest BCUT2D eigenvalue weighted by Gasteiger charge is 1.93. The lowest BCUT2D eigenvalue weighted by Crippen LogP contribution is -1.79. The van der Waals surface area contributed by atoms with Gasteiger partial charge in [-0.3, -0.25) is 0 Å². The third-order valence-electron chi connectivity index (χ3n) is 2.14. The second kappa shape index (κ2) is 5.80. The van der Waals surface area contributed by atoms with E-state index in [-0.39, 0.29) is 0 Å². The molecular formula is C13H10Cl2N2. The number of halogens is 2. The van der Waals surface area contributed by atoms with Gasteiger partial charge in [0, 0.05) is 10.0 Å². The maximum absolute atomic E-state index is 5.87. The van der Waals surface area contributed by atoms with Gasteiger partial charge >= 0.3 is 0 Å². The van der Waals surface area contributed by atoms with Crippen molar-refractivity contribution in [1.82, 2.24) is 0 Å². The van der Waals surface area contributed by atoms with Crippen LogP contribution < -0.4 is 0 Å². The summed E-state index contributed by atoms with van der Waals surface area (Å²) in [7, 11) is 0. The minimum atomic E-state index is 0.507. The van der Waals surface area contributed by atoms with Gasteiger partial charge in [0.1, 0.15) is 0 Å². The number of benzene rings is 2. The topological polar surface area (TPSA) is 24.7 Å². The fourth-order valence-electron chi connectivity index (χ4n) is 1.37. The first-order valence-electron chi connectivity index (χ1n) is 5.11. The van der Waals surface area contributed by atoms with E-state index in [2.05, 4.69) is 10.2 Å². The third-order valence-corrected chi connectivity index (χ3v) is 2.61. The van der Waals surface area contributed by atoms with Gasteiger partial charge in [-0.1, -0.05) is 41.4 Å². The predicted molar refractivity (Wildman–Crippen MR) is 71.1 cm³/mol. The van der Waals surface area contributed by atoms with Crippen LogP contribution in [0.1, 0.15) is 5.56 Å². The molecule has 2 rings (SSSR count). The van der Waals surface area contributed by atoms with Gasteiger partial charge in [0.2, 0.25) is 0 Å². The molecule has 0 saturated heterocycles. The third kappa shape index (κ3) is 3.84. The van der Waals surface area contributed by atoms with E-state index in [1.54, 1.807) is 12.1 Å². The maximum atomic E-state index is 5.87. The summed E-state index contributed by atoms with van der Waals surface area (Å²) in [6.07, 6.45) is 0. The first-order valence-corrected chi connectivity index (χ1v) is 5.87. The second-order valence-corrected chi connectivity index (χ2v) is 4.38. The molecule has 0 aliphatic carbocycles. The largest absolute Gasteiger partial charge is 0.184 e. The molecule has 0 bridgehead atoms. The SMILES string of the molecule is Clc1cccc(CN=Nc2cccc(Cl)c2)c1. The molecule has 2 nitrogen and oxygen atoms in total. The van der Waals surface area contributed by atoms with Crippen LogP contribution in [0, 0.1) is 0 Å². The fourth-order valence-corrected chi connectivity index (χ4v) is 1.77. The quantitative estimate of drug-likeness (QED) is 0.675. The Labute approximate surface area is 110 Å². The van der Waals surface area contributed by atoms with Crippen molar-refractivity contribution in [3.05, 3.63) is 64.1 Å². The summed E-state index contributed by atoms with van der Waals surface area (Å²) in [5.41, 5.74) is 1.78. The van der Waals surface area contributed by atoms with Crippen molar-refractivity contribution in [2.75, 3.05) is 0 Å². The zero-order valence-corrected chi connectivity index (χ0v) is 10.5. The summed E-state index contributed by atoms with van der Waals surface area (Å²) in [6, 6.07) is 14.8. The van der Waals surface area contributed by atoms with Crippen LogP contribution in [0.5, 0.6) is 0 Å². The Morgan fingerprint density at radius 3 is 2.29 bits per heavy atom. The lowest BCUT2D eigenvalue weighted by Gasteiger charge is -1.96. The summed E-state index contributed by atoms with van der Waals surface area (Å²) in [4.78, 5) is 0. The zero-order chi connectivity index (χ0) is 12.1. The number of azo groups is 1. The van der Waals surface area contributed by atoms with E-state index < -0.39 is 0 Å². The van der Waals surface area contributed by atoms with E-state index in [4.69, 9.17) is 23.2 Å². The van der Waals surface area contributed by atoms with Gasteiger partial charge in [0.15, 0.2) is 0 Å². The molecule has 86 valence electrons. The van der Waals surface area contributed by atoms with Gasteiger partial charge in [-0.15, -0.1) is 0 Å². The molecule has 2 aromatic rings. The number of rotatable bonds is 3. The first-order chi connectivity index (χ1) is 8.24. The summed E-state index contributed by atoms with van der Waals surface area (Å²) >= 11 is 11.7. The van der Waals surface area contributed by atoms with Crippen molar-refractivity contribution in [2.24, 2.45) is 10.2 Å². The van der Waals surface area contributed by atoms with Crippen molar-refractivity contribution in [3.8, 4) is 0 Å². The minimum absolute atomic E-state index is 0.507. The van der Waals surface area contributed by atoms with Gasteiger partial charge in [0.25, 0.3) is 0 Å². The van der Waals surface area contributed by atoms with E-state index in [1.807, 2.05) is 36.4 Å². The molecule has 0 spiro atoms. The van der Waals surface area contributed by atoms with Crippen LogP contribution in [0.15, 0.2) is 58.8 Å². The molecule has 4 heteroatoms. The van der Waals surface area contributed by atoms with Crippen molar-refractivity contribution in [3.63, 3.8) is 0 Å². The highest BCUT2D eigenvalue weighted by molar-refractivity contribution is 6.31. The molecule has 0 heterocycles. The second-order valence-electron chi connectivity index (χ2n) is 3.51. The Kier molecular flexibility index (Phi) is 4.13. The van der Waals surface area contributed by atoms with E-state index in [0.717, 1.165) is 11.3 Å². The van der Waals surface area contributed by atoms with Gasteiger partial charge < -0.3 is 0 Å². The van der Waals surface area contributed by atoms with Crippen molar-refractivity contribution in [1.29, 1.82) is 0 Å². The van der Waals surface area contributed by atoms with Crippen LogP contribution in [-0.2, 0) is 6.54 Å². The maximum Gasteiger partial charge on any atom is 0.0867 e. The van der Waals surface area contributed by atoms with Gasteiger partial charge in [-0.25, -0.2) is 0 Å². The molecule has 0 aliphatic rings. The summed E-state index contributed by atoms with van der Waals surface area (Å²) in [5, 5.41) is 9.56. The number of nitrogens with zero attached hydrogens (tertiary/aromatic N) is 2. The molecule has 0 fully saturated rings. The van der Waals surface area contributed by atoms with E-state index in [1.165, 1.54) is 0 Å². The van der Waals surface area contributed by atoms with Crippen LogP contribution in [0.4, 0.5) is 5.69 Å². The fraction of sp³-hybridized carbons (Fsp3) is 0.0769. The predicted octanol–water partition coefficient (Wildman–Crippen LogP) is 5.28. The smallest absolute Gasteiger partial charge is 0.0867 e. The lowest BCUT2D eigenvalue weighted by atomic mass is 10.2. The highest BCUT2D eigenvalue weighted by atomic mass is 35.5. The first kappa shape index (κ1) is 12.1. The van der Waals surface area contributed by atoms with Crippen molar-refractivity contribution >= 4 is 28.9 Å². The van der Waals surface area contributed by atoms with Gasteiger partial charge in [-0.05, 0) is 35.9 Å². The molecule has 0 aromatic heterocycles. The summed E-state index contributed by atoms with van der Waals surface area (Å²) < 4.78 is 0. The van der Waals surface area contributed by atoms with E-state index in [0.29, 0.717) is 16.6 Å². The van der Waals surface area contributed by atoms with Crippen LogP contribution >= 0.6 is 23.2 Å². The Hall–Kier alpha value is -1.38. The lowest BCUT2D eigenvalue weighted by molar-refractivity contribution is 0.959. The van der Waals surface area contributed by atoms with Crippen molar-refractivity contribution in [2.45, 2.75) is 6.54 Å².